The van der Waals surface area contributed by atoms with Crippen LogP contribution in [0.15, 0.2) is 54.6 Å². The van der Waals surface area contributed by atoms with Crippen molar-refractivity contribution in [2.75, 3.05) is 11.4 Å². The van der Waals surface area contributed by atoms with Crippen molar-refractivity contribution in [3.05, 3.63) is 88.9 Å². The van der Waals surface area contributed by atoms with Crippen molar-refractivity contribution < 1.29 is 22.7 Å². The number of fused-ring (bicyclic) bond motifs is 1. The standard InChI is InChI=1S/C21H15F3N2O2/c22-14-3-1-2-13(10-14)12-28-20-7-5-16-18(25-20)8-9-26(21(16)27)19-6-4-15(23)11-17(19)24/h1-7,10-11H,8-9,12H2. The van der Waals surface area contributed by atoms with Gasteiger partial charge in [0.25, 0.3) is 5.91 Å². The smallest absolute Gasteiger partial charge is 0.260 e. The Morgan fingerprint density at radius 2 is 1.82 bits per heavy atom. The number of amides is 1. The lowest BCUT2D eigenvalue weighted by atomic mass is 10.0. The summed E-state index contributed by atoms with van der Waals surface area (Å²) in [5, 5.41) is 0. The minimum Gasteiger partial charge on any atom is -0.473 e. The van der Waals surface area contributed by atoms with E-state index in [0.29, 0.717) is 29.1 Å². The lowest BCUT2D eigenvalue weighted by Crippen LogP contribution is -2.38. The van der Waals surface area contributed by atoms with Gasteiger partial charge < -0.3 is 9.64 Å². The summed E-state index contributed by atoms with van der Waals surface area (Å²) in [5.74, 6) is -1.93. The topological polar surface area (TPSA) is 42.4 Å². The van der Waals surface area contributed by atoms with E-state index in [9.17, 15) is 18.0 Å². The van der Waals surface area contributed by atoms with Gasteiger partial charge in [-0.2, -0.15) is 0 Å². The van der Waals surface area contributed by atoms with Crippen molar-refractivity contribution in [1.29, 1.82) is 0 Å². The summed E-state index contributed by atoms with van der Waals surface area (Å²) >= 11 is 0. The van der Waals surface area contributed by atoms with E-state index in [0.717, 1.165) is 12.1 Å². The second-order valence-electron chi connectivity index (χ2n) is 6.36. The van der Waals surface area contributed by atoms with Gasteiger partial charge in [0, 0.05) is 25.1 Å². The van der Waals surface area contributed by atoms with Crippen LogP contribution in [0.5, 0.6) is 5.88 Å². The predicted molar refractivity (Wildman–Crippen MR) is 96.7 cm³/mol. The molecule has 0 unspecified atom stereocenters. The number of anilines is 1. The lowest BCUT2D eigenvalue weighted by Gasteiger charge is -2.28. The third kappa shape index (κ3) is 3.55. The third-order valence-electron chi connectivity index (χ3n) is 4.47. The molecular weight excluding hydrogens is 369 g/mol. The molecule has 0 fully saturated rings. The molecule has 4 nitrogen and oxygen atoms in total. The van der Waals surface area contributed by atoms with Gasteiger partial charge in [0.1, 0.15) is 24.1 Å². The zero-order valence-electron chi connectivity index (χ0n) is 14.7. The summed E-state index contributed by atoms with van der Waals surface area (Å²) in [6.45, 7) is 0.360. The predicted octanol–water partition coefficient (Wildman–Crippen LogP) is 4.28. The van der Waals surface area contributed by atoms with Crippen molar-refractivity contribution in [2.45, 2.75) is 13.0 Å². The number of halogens is 3. The van der Waals surface area contributed by atoms with Crippen LogP contribution in [0.4, 0.5) is 18.9 Å². The van der Waals surface area contributed by atoms with Gasteiger partial charge in [-0.1, -0.05) is 12.1 Å². The van der Waals surface area contributed by atoms with Gasteiger partial charge >= 0.3 is 0 Å². The van der Waals surface area contributed by atoms with Crippen LogP contribution in [0.2, 0.25) is 0 Å². The van der Waals surface area contributed by atoms with Crippen molar-refractivity contribution in [3.63, 3.8) is 0 Å². The second-order valence-corrected chi connectivity index (χ2v) is 6.36. The zero-order chi connectivity index (χ0) is 19.7. The van der Waals surface area contributed by atoms with Gasteiger partial charge in [0.2, 0.25) is 5.88 Å². The van der Waals surface area contributed by atoms with E-state index in [1.165, 1.54) is 23.1 Å². The zero-order valence-corrected chi connectivity index (χ0v) is 14.7. The first-order valence-electron chi connectivity index (χ1n) is 8.65. The summed E-state index contributed by atoms with van der Waals surface area (Å²) in [6.07, 6.45) is 0.398. The molecule has 0 spiro atoms. The Bertz CT molecular complexity index is 1060. The van der Waals surface area contributed by atoms with E-state index in [1.54, 1.807) is 24.3 Å². The minimum absolute atomic E-state index is 0.0310. The first kappa shape index (κ1) is 18.0. The number of rotatable bonds is 4. The molecule has 0 aliphatic carbocycles. The van der Waals surface area contributed by atoms with Crippen LogP contribution in [0.25, 0.3) is 0 Å². The number of aromatic nitrogens is 1. The average molecular weight is 384 g/mol. The maximum atomic E-state index is 14.0. The quantitative estimate of drug-likeness (QED) is 0.674. The highest BCUT2D eigenvalue weighted by molar-refractivity contribution is 6.08. The van der Waals surface area contributed by atoms with Crippen LogP contribution >= 0.6 is 0 Å². The van der Waals surface area contributed by atoms with E-state index >= 15 is 0 Å². The number of hydrogen-bond acceptors (Lipinski definition) is 3. The van der Waals surface area contributed by atoms with Gasteiger partial charge in [0.15, 0.2) is 0 Å². The van der Waals surface area contributed by atoms with Gasteiger partial charge in [0.05, 0.1) is 16.9 Å². The third-order valence-corrected chi connectivity index (χ3v) is 4.47. The van der Waals surface area contributed by atoms with E-state index in [4.69, 9.17) is 4.74 Å². The fraction of sp³-hybridized carbons (Fsp3) is 0.143. The van der Waals surface area contributed by atoms with Crippen LogP contribution in [-0.4, -0.2) is 17.4 Å². The van der Waals surface area contributed by atoms with Gasteiger partial charge in [-0.3, -0.25) is 4.79 Å². The van der Waals surface area contributed by atoms with Gasteiger partial charge in [-0.05, 0) is 35.9 Å². The highest BCUT2D eigenvalue weighted by atomic mass is 19.1. The first-order chi connectivity index (χ1) is 13.5. The molecular formula is C21H15F3N2O2. The molecule has 0 saturated carbocycles. The van der Waals surface area contributed by atoms with Crippen molar-refractivity contribution in [2.24, 2.45) is 0 Å². The first-order valence-corrected chi connectivity index (χ1v) is 8.65. The molecule has 0 atom stereocenters. The number of benzene rings is 2. The Morgan fingerprint density at radius 1 is 1.00 bits per heavy atom. The molecule has 0 saturated heterocycles. The fourth-order valence-corrected chi connectivity index (χ4v) is 3.13. The summed E-state index contributed by atoms with van der Waals surface area (Å²) in [5.41, 5.74) is 1.57. The minimum atomic E-state index is -0.792. The molecule has 2 heterocycles. The van der Waals surface area contributed by atoms with E-state index < -0.39 is 17.5 Å². The number of hydrogen-bond donors (Lipinski definition) is 0. The Balaban J connectivity index is 1.52. The molecule has 1 aliphatic heterocycles. The van der Waals surface area contributed by atoms with Crippen LogP contribution in [0.1, 0.15) is 21.6 Å². The summed E-state index contributed by atoms with van der Waals surface area (Å²) in [7, 11) is 0. The van der Waals surface area contributed by atoms with Crippen LogP contribution < -0.4 is 9.64 Å². The highest BCUT2D eigenvalue weighted by Crippen LogP contribution is 2.27. The van der Waals surface area contributed by atoms with E-state index in [-0.39, 0.29) is 24.7 Å². The largest absolute Gasteiger partial charge is 0.473 e. The monoisotopic (exact) mass is 384 g/mol. The molecule has 0 radical (unpaired) electrons. The van der Waals surface area contributed by atoms with Crippen LogP contribution in [0, 0.1) is 17.5 Å². The van der Waals surface area contributed by atoms with E-state index in [2.05, 4.69) is 4.98 Å². The molecule has 1 amide bonds. The summed E-state index contributed by atoms with van der Waals surface area (Å²) in [6, 6.07) is 12.3. The molecule has 7 heteroatoms. The van der Waals surface area contributed by atoms with Crippen molar-refractivity contribution >= 4 is 11.6 Å². The second kappa shape index (κ2) is 7.34. The SMILES string of the molecule is O=C1c2ccc(OCc3cccc(F)c3)nc2CCN1c1ccc(F)cc1F. The molecule has 142 valence electrons. The maximum absolute atomic E-state index is 14.0. The Kier molecular flexibility index (Phi) is 4.73. The molecule has 28 heavy (non-hydrogen) atoms. The molecule has 1 aromatic heterocycles. The van der Waals surface area contributed by atoms with Gasteiger partial charge in [-0.15, -0.1) is 0 Å². The number of carbonyl (C=O) groups is 1. The number of carbonyl (C=O) groups excluding carboxylic acids is 1. The summed E-state index contributed by atoms with van der Waals surface area (Å²) in [4.78, 5) is 18.3. The van der Waals surface area contributed by atoms with Crippen LogP contribution in [0.3, 0.4) is 0 Å². The number of ether oxygens (including phenoxy) is 1. The molecule has 2 aromatic carbocycles. The Morgan fingerprint density at radius 3 is 2.61 bits per heavy atom. The highest BCUT2D eigenvalue weighted by Gasteiger charge is 2.28. The molecule has 0 N–H and O–H groups in total. The Labute approximate surface area is 159 Å². The molecule has 1 aliphatic rings. The van der Waals surface area contributed by atoms with Crippen molar-refractivity contribution in [3.8, 4) is 5.88 Å². The average Bonchev–Trinajstić information content (AvgIpc) is 2.67. The number of pyridine rings is 1. The fourth-order valence-electron chi connectivity index (χ4n) is 3.13. The van der Waals surface area contributed by atoms with Crippen LogP contribution in [-0.2, 0) is 13.0 Å². The van der Waals surface area contributed by atoms with Crippen molar-refractivity contribution in [1.82, 2.24) is 4.98 Å². The lowest BCUT2D eigenvalue weighted by molar-refractivity contribution is 0.0978. The Hall–Kier alpha value is -3.35. The molecule has 3 aromatic rings. The van der Waals surface area contributed by atoms with Gasteiger partial charge in [-0.25, -0.2) is 18.2 Å². The normalized spacial score (nSPS) is 13.4. The molecule has 0 bridgehead atoms. The van der Waals surface area contributed by atoms with E-state index in [1.807, 2.05) is 0 Å². The molecule has 4 rings (SSSR count). The number of nitrogens with zero attached hydrogens (tertiary/aromatic N) is 2. The summed E-state index contributed by atoms with van der Waals surface area (Å²) < 4.78 is 46.0. The maximum Gasteiger partial charge on any atom is 0.260 e.